The number of carbonyl (C=O) groups excluding carboxylic acids is 1. The molecule has 1 amide bonds. The van der Waals surface area contributed by atoms with Crippen molar-refractivity contribution in [2.45, 2.75) is 69.6 Å². The lowest BCUT2D eigenvalue weighted by molar-refractivity contribution is -0.256. The lowest BCUT2D eigenvalue weighted by atomic mass is 9.55. The minimum absolute atomic E-state index is 0.00908. The highest BCUT2D eigenvalue weighted by Crippen LogP contribution is 2.62. The molecular formula is C46H59ClN2O10. The lowest BCUT2D eigenvalue weighted by Gasteiger charge is -2.59. The summed E-state index contributed by atoms with van der Waals surface area (Å²) in [6.07, 6.45) is 8.11. The molecule has 0 aromatic heterocycles. The monoisotopic (exact) mass is 834 g/mol. The molecule has 3 aromatic carbocycles. The van der Waals surface area contributed by atoms with Crippen molar-refractivity contribution in [3.05, 3.63) is 90.5 Å². The first kappa shape index (κ1) is 44.4. The fourth-order valence-corrected chi connectivity index (χ4v) is 9.21. The maximum Gasteiger partial charge on any atom is 0.410 e. The molecule has 12 nitrogen and oxygen atoms in total. The molecule has 6 rings (SSSR count). The minimum Gasteiger partial charge on any atom is -0.459 e. The van der Waals surface area contributed by atoms with Crippen molar-refractivity contribution in [3.63, 3.8) is 0 Å². The van der Waals surface area contributed by atoms with Gasteiger partial charge in [0.15, 0.2) is 0 Å². The molecule has 3 aliphatic rings. The molecule has 0 bridgehead atoms. The molecule has 0 unspecified atom stereocenters. The zero-order valence-electron chi connectivity index (χ0n) is 34.0. The quantitative estimate of drug-likeness (QED) is 0.0372. The molecule has 59 heavy (non-hydrogen) atoms. The summed E-state index contributed by atoms with van der Waals surface area (Å²) in [7, 11) is 0. The number of aliphatic hydroxyl groups excluding tert-OH is 3. The van der Waals surface area contributed by atoms with Crippen molar-refractivity contribution in [3.8, 4) is 17.2 Å². The number of hydrogen-bond acceptors (Lipinski definition) is 11. The second-order valence-electron chi connectivity index (χ2n) is 15.1. The van der Waals surface area contributed by atoms with Gasteiger partial charge in [0.25, 0.3) is 0 Å². The predicted octanol–water partition coefficient (Wildman–Crippen LogP) is 7.97. The summed E-state index contributed by atoms with van der Waals surface area (Å²) in [6.45, 7) is 6.64. The second-order valence-corrected chi connectivity index (χ2v) is 15.5. The van der Waals surface area contributed by atoms with Crippen molar-refractivity contribution in [2.75, 3.05) is 65.3 Å². The molecule has 0 saturated heterocycles. The van der Waals surface area contributed by atoms with Crippen LogP contribution in [0.5, 0.6) is 17.2 Å². The summed E-state index contributed by atoms with van der Waals surface area (Å²) >= 11 is 6.01. The largest absolute Gasteiger partial charge is 0.459 e. The predicted molar refractivity (Wildman–Crippen MR) is 227 cm³/mol. The van der Waals surface area contributed by atoms with Crippen LogP contribution in [0.25, 0.3) is 10.8 Å². The van der Waals surface area contributed by atoms with Crippen LogP contribution in [0.3, 0.4) is 0 Å². The molecule has 2 aliphatic carbocycles. The van der Waals surface area contributed by atoms with Crippen molar-refractivity contribution >= 4 is 34.2 Å². The summed E-state index contributed by atoms with van der Waals surface area (Å²) in [5, 5.41) is 36.2. The van der Waals surface area contributed by atoms with E-state index in [0.717, 1.165) is 47.6 Å². The van der Waals surface area contributed by atoms with Crippen LogP contribution >= 0.6 is 11.6 Å². The van der Waals surface area contributed by atoms with Gasteiger partial charge in [0.1, 0.15) is 36.5 Å². The molecule has 6 atom stereocenters. The van der Waals surface area contributed by atoms with Crippen LogP contribution < -0.4 is 9.47 Å². The van der Waals surface area contributed by atoms with Gasteiger partial charge in [0.05, 0.1) is 43.9 Å². The van der Waals surface area contributed by atoms with E-state index in [1.165, 1.54) is 0 Å². The maximum absolute atomic E-state index is 14.2. The van der Waals surface area contributed by atoms with Gasteiger partial charge in [0, 0.05) is 37.7 Å². The standard InChI is InChI=1S/C46H59ClN2O10/c1-3-24-56-46-42(49(20-26-54-27-23-52)45(53)55-25-19-47)31-40(48-57-4-2)38-29-34(13-7-9-21-50)37(14-8-10-22-51)43(44(38)46)39-30-36(17-18-41(39)59-46)58-35-16-15-32-11-5-6-12-33(32)28-35/h3,5-6,11-12,15-18,28-30,34,37,42-44,50-52H,1,4,7-10,13-14,19-27,31H2,2H3/t34-,37+,42-,43+,44+,46+/m0/s1. The van der Waals surface area contributed by atoms with Gasteiger partial charge in [-0.05, 0) is 91.1 Å². The fraction of sp³-hybridized carbons (Fsp3) is 0.522. The van der Waals surface area contributed by atoms with E-state index in [1.807, 2.05) is 49.4 Å². The zero-order chi connectivity index (χ0) is 41.6. The fourth-order valence-electron chi connectivity index (χ4n) is 9.13. The Balaban J connectivity index is 1.56. The Kier molecular flexibility index (Phi) is 16.5. The number of aliphatic hydroxyl groups is 3. The van der Waals surface area contributed by atoms with E-state index in [1.54, 1.807) is 11.0 Å². The van der Waals surface area contributed by atoms with E-state index < -0.39 is 23.8 Å². The molecule has 1 aliphatic heterocycles. The van der Waals surface area contributed by atoms with E-state index in [-0.39, 0.29) is 82.8 Å². The summed E-state index contributed by atoms with van der Waals surface area (Å²) < 4.78 is 32.3. The number of carbonyl (C=O) groups is 1. The van der Waals surface area contributed by atoms with Crippen molar-refractivity contribution in [1.82, 2.24) is 4.90 Å². The Morgan fingerprint density at radius 2 is 1.73 bits per heavy atom. The first-order valence-electron chi connectivity index (χ1n) is 21.0. The Hall–Kier alpha value is -4.17. The van der Waals surface area contributed by atoms with E-state index >= 15 is 0 Å². The van der Waals surface area contributed by atoms with E-state index in [4.69, 9.17) is 45.3 Å². The average molecular weight is 835 g/mol. The van der Waals surface area contributed by atoms with Crippen LogP contribution in [0.1, 0.15) is 63.4 Å². The van der Waals surface area contributed by atoms with Crippen LogP contribution in [0, 0.1) is 17.8 Å². The summed E-state index contributed by atoms with van der Waals surface area (Å²) in [4.78, 5) is 21.6. The van der Waals surface area contributed by atoms with E-state index in [9.17, 15) is 20.1 Å². The third-order valence-corrected chi connectivity index (χ3v) is 11.7. The summed E-state index contributed by atoms with van der Waals surface area (Å²) in [5.74, 6) is -0.0312. The third-order valence-electron chi connectivity index (χ3n) is 11.5. The molecule has 3 aromatic rings. The lowest BCUT2D eigenvalue weighted by Crippen LogP contribution is -2.70. The number of unbranched alkanes of at least 4 members (excludes halogenated alkanes) is 2. The molecule has 1 fully saturated rings. The first-order valence-corrected chi connectivity index (χ1v) is 21.5. The SMILES string of the molecule is C=CCO[C@@]12Oc3ccc(Oc4ccc5ccccc5c4)cc3[C@H]3[C@H](CCCCO)[C@@H](CCCCO)C=C(C(=NOCC)C[C@@H]1N(CCOCCO)C(=O)OCCCl)[C@H]32. The molecule has 3 N–H and O–H groups in total. The smallest absolute Gasteiger partial charge is 0.410 e. The van der Waals surface area contributed by atoms with Crippen molar-refractivity contribution in [1.29, 1.82) is 0 Å². The summed E-state index contributed by atoms with van der Waals surface area (Å²) in [6, 6.07) is 19.3. The number of hydrogen-bond donors (Lipinski definition) is 3. The number of halogens is 1. The summed E-state index contributed by atoms with van der Waals surface area (Å²) in [5.41, 5.74) is 2.54. The molecule has 1 heterocycles. The van der Waals surface area contributed by atoms with E-state index in [2.05, 4.69) is 30.9 Å². The van der Waals surface area contributed by atoms with Gasteiger partial charge in [0.2, 0.25) is 5.79 Å². The normalized spacial score (nSPS) is 23.8. The number of allylic oxidation sites excluding steroid dienone is 1. The third kappa shape index (κ3) is 10.2. The van der Waals surface area contributed by atoms with Crippen LogP contribution in [-0.2, 0) is 19.0 Å². The van der Waals surface area contributed by atoms with Gasteiger partial charge in [-0.1, -0.05) is 60.5 Å². The Morgan fingerprint density at radius 1 is 0.966 bits per heavy atom. The van der Waals surface area contributed by atoms with Crippen molar-refractivity contribution in [2.24, 2.45) is 22.9 Å². The van der Waals surface area contributed by atoms with Gasteiger partial charge in [-0.3, -0.25) is 4.90 Å². The molecule has 13 heteroatoms. The van der Waals surface area contributed by atoms with Crippen LogP contribution in [0.4, 0.5) is 4.79 Å². The van der Waals surface area contributed by atoms with Gasteiger partial charge in [-0.2, -0.15) is 0 Å². The van der Waals surface area contributed by atoms with Crippen molar-refractivity contribution < 1.29 is 48.6 Å². The number of benzene rings is 3. The number of rotatable bonds is 23. The average Bonchev–Trinajstić information content (AvgIpc) is 3.25. The highest BCUT2D eigenvalue weighted by atomic mass is 35.5. The molecular weight excluding hydrogens is 776 g/mol. The molecule has 0 spiro atoms. The number of amides is 1. The second kappa shape index (κ2) is 21.9. The number of ether oxygens (including phenoxy) is 5. The Morgan fingerprint density at radius 3 is 2.47 bits per heavy atom. The van der Waals surface area contributed by atoms with Gasteiger partial charge in [-0.15, -0.1) is 18.2 Å². The van der Waals surface area contributed by atoms with Crippen LogP contribution in [-0.4, -0.2) is 109 Å². The molecule has 0 radical (unpaired) electrons. The zero-order valence-corrected chi connectivity index (χ0v) is 34.8. The molecule has 320 valence electrons. The van der Waals surface area contributed by atoms with Gasteiger partial charge in [-0.25, -0.2) is 4.79 Å². The number of nitrogens with zero attached hydrogens (tertiary/aromatic N) is 2. The minimum atomic E-state index is -1.47. The van der Waals surface area contributed by atoms with Gasteiger partial charge >= 0.3 is 6.09 Å². The topological polar surface area (TPSA) is 149 Å². The Labute approximate surface area is 352 Å². The Bertz CT molecular complexity index is 1910. The van der Waals surface area contributed by atoms with Crippen LogP contribution in [0.15, 0.2) is 90.1 Å². The van der Waals surface area contributed by atoms with Gasteiger partial charge < -0.3 is 43.8 Å². The van der Waals surface area contributed by atoms with Crippen LogP contribution in [0.2, 0.25) is 0 Å². The molecule has 1 saturated carbocycles. The number of fused-ring (bicyclic) bond motifs is 3. The maximum atomic E-state index is 14.2. The van der Waals surface area contributed by atoms with E-state index in [0.29, 0.717) is 42.4 Å². The highest BCUT2D eigenvalue weighted by molar-refractivity contribution is 6.18. The highest BCUT2D eigenvalue weighted by Gasteiger charge is 2.65. The number of alkyl halides is 1. The first-order chi connectivity index (χ1) is 28.9. The number of oxime groups is 1.